The second-order valence-electron chi connectivity index (χ2n) is 3.56. The molecule has 77 valence electrons. The van der Waals surface area contributed by atoms with Gasteiger partial charge in [-0.2, -0.15) is 0 Å². The average molecular weight is 187 g/mol. The van der Waals surface area contributed by atoms with Crippen molar-refractivity contribution in [1.29, 1.82) is 0 Å². The van der Waals surface area contributed by atoms with Crippen LogP contribution >= 0.6 is 0 Å². The second-order valence-corrected chi connectivity index (χ2v) is 3.56. The number of carbonyl (C=O) groups is 1. The SMILES string of the molecule is CC(C)CCC(=O)OCCCC[O]. The van der Waals surface area contributed by atoms with Crippen LogP contribution in [0.4, 0.5) is 0 Å². The lowest BCUT2D eigenvalue weighted by molar-refractivity contribution is -0.144. The summed E-state index contributed by atoms with van der Waals surface area (Å²) in [5.74, 6) is 0.397. The van der Waals surface area contributed by atoms with E-state index in [2.05, 4.69) is 13.8 Å². The van der Waals surface area contributed by atoms with Gasteiger partial charge in [0.15, 0.2) is 0 Å². The molecular weight excluding hydrogens is 168 g/mol. The van der Waals surface area contributed by atoms with E-state index in [1.165, 1.54) is 0 Å². The van der Waals surface area contributed by atoms with Gasteiger partial charge in [0, 0.05) is 6.42 Å². The van der Waals surface area contributed by atoms with Gasteiger partial charge in [0.1, 0.15) is 0 Å². The Balaban J connectivity index is 3.20. The van der Waals surface area contributed by atoms with Crippen molar-refractivity contribution in [3.63, 3.8) is 0 Å². The molecule has 0 saturated carbocycles. The summed E-state index contributed by atoms with van der Waals surface area (Å²) in [4.78, 5) is 11.0. The fraction of sp³-hybridized carbons (Fsp3) is 0.900. The van der Waals surface area contributed by atoms with Crippen LogP contribution in [0.1, 0.15) is 39.5 Å². The number of ether oxygens (including phenoxy) is 1. The first-order chi connectivity index (χ1) is 6.16. The molecule has 0 bridgehead atoms. The van der Waals surface area contributed by atoms with Gasteiger partial charge in [-0.1, -0.05) is 13.8 Å². The van der Waals surface area contributed by atoms with Gasteiger partial charge in [0.25, 0.3) is 0 Å². The topological polar surface area (TPSA) is 46.2 Å². The first-order valence-electron chi connectivity index (χ1n) is 4.90. The summed E-state index contributed by atoms with van der Waals surface area (Å²) in [6.07, 6.45) is 2.66. The van der Waals surface area contributed by atoms with Crippen molar-refractivity contribution in [2.24, 2.45) is 5.92 Å². The zero-order valence-corrected chi connectivity index (χ0v) is 8.54. The third-order valence-electron chi connectivity index (χ3n) is 1.73. The van der Waals surface area contributed by atoms with Crippen LogP contribution in [0.15, 0.2) is 0 Å². The molecule has 0 N–H and O–H groups in total. The van der Waals surface area contributed by atoms with E-state index in [0.29, 0.717) is 31.8 Å². The van der Waals surface area contributed by atoms with E-state index in [1.54, 1.807) is 0 Å². The molecule has 0 amide bonds. The van der Waals surface area contributed by atoms with Crippen LogP contribution in [-0.2, 0) is 14.6 Å². The molecule has 1 radical (unpaired) electrons. The summed E-state index contributed by atoms with van der Waals surface area (Å²) in [6, 6.07) is 0. The minimum atomic E-state index is -0.139. The van der Waals surface area contributed by atoms with Crippen molar-refractivity contribution in [3.8, 4) is 0 Å². The normalized spacial score (nSPS) is 10.5. The van der Waals surface area contributed by atoms with E-state index in [-0.39, 0.29) is 12.6 Å². The first kappa shape index (κ1) is 12.4. The molecule has 3 nitrogen and oxygen atoms in total. The molecule has 0 aliphatic rings. The highest BCUT2D eigenvalue weighted by Crippen LogP contribution is 2.04. The first-order valence-corrected chi connectivity index (χ1v) is 4.90. The zero-order chi connectivity index (χ0) is 10.1. The van der Waals surface area contributed by atoms with E-state index in [0.717, 1.165) is 6.42 Å². The molecule has 0 aromatic rings. The smallest absolute Gasteiger partial charge is 0.305 e. The maximum atomic E-state index is 11.0. The van der Waals surface area contributed by atoms with Crippen LogP contribution in [0.5, 0.6) is 0 Å². The van der Waals surface area contributed by atoms with E-state index >= 15 is 0 Å². The lowest BCUT2D eigenvalue weighted by Crippen LogP contribution is -2.07. The van der Waals surface area contributed by atoms with Crippen LogP contribution < -0.4 is 0 Å². The number of esters is 1. The van der Waals surface area contributed by atoms with Gasteiger partial charge in [0.05, 0.1) is 13.2 Å². The fourth-order valence-electron chi connectivity index (χ4n) is 0.869. The highest BCUT2D eigenvalue weighted by Gasteiger charge is 2.03. The summed E-state index contributed by atoms with van der Waals surface area (Å²) >= 11 is 0. The molecule has 0 unspecified atom stereocenters. The van der Waals surface area contributed by atoms with Gasteiger partial charge in [-0.3, -0.25) is 4.79 Å². The van der Waals surface area contributed by atoms with Crippen molar-refractivity contribution < 1.29 is 14.6 Å². The molecular formula is C10H19O3. The molecule has 0 spiro atoms. The summed E-state index contributed by atoms with van der Waals surface area (Å²) in [6.45, 7) is 4.47. The summed E-state index contributed by atoms with van der Waals surface area (Å²) < 4.78 is 4.92. The van der Waals surface area contributed by atoms with Crippen LogP contribution in [0, 0.1) is 5.92 Å². The summed E-state index contributed by atoms with van der Waals surface area (Å²) in [7, 11) is 0. The predicted octanol–water partition coefficient (Wildman–Crippen LogP) is 2.18. The van der Waals surface area contributed by atoms with E-state index in [1.807, 2.05) is 0 Å². The van der Waals surface area contributed by atoms with Gasteiger partial charge in [-0.15, -0.1) is 0 Å². The molecule has 0 rings (SSSR count). The quantitative estimate of drug-likeness (QED) is 0.453. The molecule has 0 aliphatic carbocycles. The standard InChI is InChI=1S/C10H19O3/c1-9(2)5-6-10(12)13-8-4-3-7-11/h9H,3-8H2,1-2H3. The highest BCUT2D eigenvalue weighted by atomic mass is 16.5. The molecule has 0 aromatic carbocycles. The Kier molecular flexibility index (Phi) is 7.69. The Hall–Kier alpha value is -0.570. The second kappa shape index (κ2) is 8.05. The highest BCUT2D eigenvalue weighted by molar-refractivity contribution is 5.69. The summed E-state index contributed by atoms with van der Waals surface area (Å²) in [5, 5.41) is 10.0. The van der Waals surface area contributed by atoms with Crippen molar-refractivity contribution in [3.05, 3.63) is 0 Å². The number of rotatable bonds is 7. The Morgan fingerprint density at radius 3 is 2.54 bits per heavy atom. The molecule has 0 saturated heterocycles. The van der Waals surface area contributed by atoms with Crippen LogP contribution in [0.25, 0.3) is 0 Å². The van der Waals surface area contributed by atoms with Gasteiger partial charge < -0.3 is 4.74 Å². The maximum absolute atomic E-state index is 11.0. The lowest BCUT2D eigenvalue weighted by Gasteiger charge is -2.05. The predicted molar refractivity (Wildman–Crippen MR) is 49.8 cm³/mol. The van der Waals surface area contributed by atoms with Crippen LogP contribution in [-0.4, -0.2) is 19.2 Å². The lowest BCUT2D eigenvalue weighted by atomic mass is 10.1. The molecule has 3 heteroatoms. The molecule has 13 heavy (non-hydrogen) atoms. The number of carbonyl (C=O) groups excluding carboxylic acids is 1. The molecule has 0 atom stereocenters. The zero-order valence-electron chi connectivity index (χ0n) is 8.54. The van der Waals surface area contributed by atoms with Gasteiger partial charge >= 0.3 is 5.97 Å². The minimum absolute atomic E-state index is 0.0798. The van der Waals surface area contributed by atoms with E-state index < -0.39 is 0 Å². The third kappa shape index (κ3) is 9.34. The summed E-state index contributed by atoms with van der Waals surface area (Å²) in [5.41, 5.74) is 0. The van der Waals surface area contributed by atoms with Gasteiger partial charge in [-0.05, 0) is 25.2 Å². The number of unbranched alkanes of at least 4 members (excludes halogenated alkanes) is 1. The van der Waals surface area contributed by atoms with Gasteiger partial charge in [-0.25, -0.2) is 5.11 Å². The van der Waals surface area contributed by atoms with Crippen molar-refractivity contribution in [1.82, 2.24) is 0 Å². The molecule has 0 aliphatic heterocycles. The van der Waals surface area contributed by atoms with Crippen LogP contribution in [0.2, 0.25) is 0 Å². The van der Waals surface area contributed by atoms with Crippen molar-refractivity contribution in [2.75, 3.05) is 13.2 Å². The monoisotopic (exact) mass is 187 g/mol. The van der Waals surface area contributed by atoms with Gasteiger partial charge in [0.2, 0.25) is 0 Å². The van der Waals surface area contributed by atoms with Crippen molar-refractivity contribution >= 4 is 5.97 Å². The third-order valence-corrected chi connectivity index (χ3v) is 1.73. The Morgan fingerprint density at radius 2 is 2.00 bits per heavy atom. The van der Waals surface area contributed by atoms with Crippen molar-refractivity contribution in [2.45, 2.75) is 39.5 Å². The fourth-order valence-corrected chi connectivity index (χ4v) is 0.869. The van der Waals surface area contributed by atoms with E-state index in [4.69, 9.17) is 4.74 Å². The number of hydrogen-bond donors (Lipinski definition) is 0. The Bertz CT molecular complexity index is 132. The largest absolute Gasteiger partial charge is 0.466 e. The Labute approximate surface area is 80.1 Å². The maximum Gasteiger partial charge on any atom is 0.305 e. The minimum Gasteiger partial charge on any atom is -0.466 e. The average Bonchev–Trinajstić information content (AvgIpc) is 2.09. The molecule has 0 aromatic heterocycles. The molecule has 0 fully saturated rings. The van der Waals surface area contributed by atoms with Crippen LogP contribution in [0.3, 0.4) is 0 Å². The van der Waals surface area contributed by atoms with E-state index in [9.17, 15) is 9.90 Å². The Morgan fingerprint density at radius 1 is 1.31 bits per heavy atom. The number of hydrogen-bond acceptors (Lipinski definition) is 2. The molecule has 0 heterocycles.